The fraction of sp³-hybridized carbons (Fsp3) is 0.364. The number of amides is 1. The summed E-state index contributed by atoms with van der Waals surface area (Å²) in [6.45, 7) is 3.51. The molecule has 0 saturated carbocycles. The van der Waals surface area contributed by atoms with Crippen LogP contribution in [0, 0.1) is 0 Å². The van der Waals surface area contributed by atoms with E-state index in [0.29, 0.717) is 5.02 Å². The van der Waals surface area contributed by atoms with Gasteiger partial charge in [-0.25, -0.2) is 0 Å². The Morgan fingerprint density at radius 2 is 1.93 bits per heavy atom. The van der Waals surface area contributed by atoms with Crippen molar-refractivity contribution in [3.05, 3.63) is 34.9 Å². The molecule has 0 aromatic heterocycles. The van der Waals surface area contributed by atoms with Crippen LogP contribution in [0.2, 0.25) is 5.02 Å². The first kappa shape index (κ1) is 12.3. The Balaban J connectivity index is 2.73. The van der Waals surface area contributed by atoms with Gasteiger partial charge in [-0.1, -0.05) is 29.8 Å². The SMILES string of the molecule is CC(Cl)C(=O)NC(C)c1ccccc1Cl. The summed E-state index contributed by atoms with van der Waals surface area (Å²) in [5.74, 6) is -0.191. The predicted octanol–water partition coefficient (Wildman–Crippen LogP) is 3.14. The van der Waals surface area contributed by atoms with Crippen LogP contribution in [0.3, 0.4) is 0 Å². The zero-order chi connectivity index (χ0) is 11.4. The molecule has 15 heavy (non-hydrogen) atoms. The predicted molar refractivity (Wildman–Crippen MR) is 63.3 cm³/mol. The maximum Gasteiger partial charge on any atom is 0.238 e. The van der Waals surface area contributed by atoms with Gasteiger partial charge in [-0.05, 0) is 25.5 Å². The normalized spacial score (nSPS) is 14.4. The van der Waals surface area contributed by atoms with Crippen molar-refractivity contribution in [2.45, 2.75) is 25.3 Å². The number of benzene rings is 1. The van der Waals surface area contributed by atoms with Crippen molar-refractivity contribution in [3.63, 3.8) is 0 Å². The Kier molecular flexibility index (Phi) is 4.43. The summed E-state index contributed by atoms with van der Waals surface area (Å²) in [6.07, 6.45) is 0. The van der Waals surface area contributed by atoms with Crippen molar-refractivity contribution < 1.29 is 4.79 Å². The molecule has 0 spiro atoms. The third-order valence-electron chi connectivity index (χ3n) is 2.09. The average molecular weight is 246 g/mol. The number of carbonyl (C=O) groups excluding carboxylic acids is 1. The van der Waals surface area contributed by atoms with Gasteiger partial charge in [0, 0.05) is 5.02 Å². The molecule has 0 aliphatic heterocycles. The van der Waals surface area contributed by atoms with Crippen LogP contribution in [-0.4, -0.2) is 11.3 Å². The van der Waals surface area contributed by atoms with Crippen LogP contribution in [0.4, 0.5) is 0 Å². The van der Waals surface area contributed by atoms with Crippen LogP contribution in [0.5, 0.6) is 0 Å². The number of hydrogen-bond donors (Lipinski definition) is 1. The van der Waals surface area contributed by atoms with E-state index in [1.165, 1.54) is 0 Å². The van der Waals surface area contributed by atoms with Crippen molar-refractivity contribution in [1.82, 2.24) is 5.32 Å². The number of rotatable bonds is 3. The van der Waals surface area contributed by atoms with Crippen LogP contribution >= 0.6 is 23.2 Å². The smallest absolute Gasteiger partial charge is 0.238 e. The van der Waals surface area contributed by atoms with Gasteiger partial charge < -0.3 is 5.32 Å². The van der Waals surface area contributed by atoms with Gasteiger partial charge in [-0.3, -0.25) is 4.79 Å². The zero-order valence-electron chi connectivity index (χ0n) is 8.63. The second kappa shape index (κ2) is 5.38. The van der Waals surface area contributed by atoms with Gasteiger partial charge in [0.05, 0.1) is 6.04 Å². The number of nitrogens with one attached hydrogen (secondary N) is 1. The molecule has 1 amide bonds. The lowest BCUT2D eigenvalue weighted by Crippen LogP contribution is -2.32. The summed E-state index contributed by atoms with van der Waals surface area (Å²) in [6, 6.07) is 7.28. The molecule has 0 bridgehead atoms. The molecule has 82 valence electrons. The summed E-state index contributed by atoms with van der Waals surface area (Å²) in [7, 11) is 0. The van der Waals surface area contributed by atoms with Crippen molar-refractivity contribution in [2.75, 3.05) is 0 Å². The number of alkyl halides is 1. The largest absolute Gasteiger partial charge is 0.348 e. The molecular formula is C11H13Cl2NO. The van der Waals surface area contributed by atoms with E-state index in [1.807, 2.05) is 25.1 Å². The van der Waals surface area contributed by atoms with Gasteiger partial charge >= 0.3 is 0 Å². The molecule has 0 saturated heterocycles. The van der Waals surface area contributed by atoms with E-state index in [0.717, 1.165) is 5.56 Å². The minimum Gasteiger partial charge on any atom is -0.348 e. The van der Waals surface area contributed by atoms with Crippen molar-refractivity contribution >= 4 is 29.1 Å². The van der Waals surface area contributed by atoms with E-state index in [9.17, 15) is 4.79 Å². The second-order valence-electron chi connectivity index (χ2n) is 3.37. The maximum absolute atomic E-state index is 11.4. The first-order chi connectivity index (χ1) is 7.02. The first-order valence-corrected chi connectivity index (χ1v) is 5.52. The molecule has 1 rings (SSSR count). The molecule has 2 atom stereocenters. The summed E-state index contributed by atoms with van der Waals surface area (Å²) in [5, 5.41) is 2.89. The Hall–Kier alpha value is -0.730. The minimum absolute atomic E-state index is 0.132. The molecule has 1 N–H and O–H groups in total. The Morgan fingerprint density at radius 1 is 1.33 bits per heavy atom. The van der Waals surface area contributed by atoms with Crippen LogP contribution in [0.25, 0.3) is 0 Å². The molecule has 2 unspecified atom stereocenters. The highest BCUT2D eigenvalue weighted by atomic mass is 35.5. The molecule has 0 aliphatic rings. The van der Waals surface area contributed by atoms with Crippen LogP contribution in [0.1, 0.15) is 25.5 Å². The summed E-state index contributed by atoms with van der Waals surface area (Å²) in [4.78, 5) is 11.4. The third-order valence-corrected chi connectivity index (χ3v) is 2.63. The van der Waals surface area contributed by atoms with Crippen LogP contribution < -0.4 is 5.32 Å². The van der Waals surface area contributed by atoms with E-state index >= 15 is 0 Å². The number of carbonyl (C=O) groups is 1. The standard InChI is InChI=1S/C11H13Cl2NO/c1-7(12)11(15)14-8(2)9-5-3-4-6-10(9)13/h3-8H,1-2H3,(H,14,15). The van der Waals surface area contributed by atoms with Crippen molar-refractivity contribution in [2.24, 2.45) is 0 Å². The molecule has 0 radical (unpaired) electrons. The molecule has 2 nitrogen and oxygen atoms in total. The lowest BCUT2D eigenvalue weighted by molar-refractivity contribution is -0.121. The topological polar surface area (TPSA) is 29.1 Å². The second-order valence-corrected chi connectivity index (χ2v) is 4.43. The van der Waals surface area contributed by atoms with Gasteiger partial charge in [0.25, 0.3) is 0 Å². The fourth-order valence-corrected chi connectivity index (χ4v) is 1.59. The lowest BCUT2D eigenvalue weighted by Gasteiger charge is -2.16. The third kappa shape index (κ3) is 3.40. The van der Waals surface area contributed by atoms with Gasteiger partial charge in [0.1, 0.15) is 5.38 Å². The van der Waals surface area contributed by atoms with Gasteiger partial charge in [0.2, 0.25) is 5.91 Å². The average Bonchev–Trinajstić information content (AvgIpc) is 2.18. The number of hydrogen-bond acceptors (Lipinski definition) is 1. The van der Waals surface area contributed by atoms with E-state index < -0.39 is 5.38 Å². The van der Waals surface area contributed by atoms with Crippen LogP contribution in [0.15, 0.2) is 24.3 Å². The molecule has 1 aromatic rings. The zero-order valence-corrected chi connectivity index (χ0v) is 10.1. The van der Waals surface area contributed by atoms with Crippen molar-refractivity contribution in [1.29, 1.82) is 0 Å². The van der Waals surface area contributed by atoms with Crippen LogP contribution in [-0.2, 0) is 4.79 Å². The van der Waals surface area contributed by atoms with E-state index in [2.05, 4.69) is 5.32 Å². The quantitative estimate of drug-likeness (QED) is 0.815. The van der Waals surface area contributed by atoms with E-state index in [1.54, 1.807) is 13.0 Å². The fourth-order valence-electron chi connectivity index (χ4n) is 1.23. The molecular weight excluding hydrogens is 233 g/mol. The number of halogens is 2. The van der Waals surface area contributed by atoms with E-state index in [-0.39, 0.29) is 11.9 Å². The maximum atomic E-state index is 11.4. The summed E-state index contributed by atoms with van der Waals surface area (Å²) in [5.41, 5.74) is 0.893. The molecule has 4 heteroatoms. The Bertz CT molecular complexity index is 352. The monoisotopic (exact) mass is 245 g/mol. The van der Waals surface area contributed by atoms with Gasteiger partial charge in [0.15, 0.2) is 0 Å². The molecule has 1 aromatic carbocycles. The Morgan fingerprint density at radius 3 is 2.47 bits per heavy atom. The minimum atomic E-state index is -0.532. The molecule has 0 fully saturated rings. The highest BCUT2D eigenvalue weighted by Crippen LogP contribution is 2.22. The van der Waals surface area contributed by atoms with Gasteiger partial charge in [-0.2, -0.15) is 0 Å². The van der Waals surface area contributed by atoms with E-state index in [4.69, 9.17) is 23.2 Å². The lowest BCUT2D eigenvalue weighted by atomic mass is 10.1. The highest BCUT2D eigenvalue weighted by Gasteiger charge is 2.15. The highest BCUT2D eigenvalue weighted by molar-refractivity contribution is 6.31. The first-order valence-electron chi connectivity index (χ1n) is 4.71. The van der Waals surface area contributed by atoms with Gasteiger partial charge in [-0.15, -0.1) is 11.6 Å². The summed E-state index contributed by atoms with van der Waals surface area (Å²) < 4.78 is 0. The van der Waals surface area contributed by atoms with Crippen molar-refractivity contribution in [3.8, 4) is 0 Å². The summed E-state index contributed by atoms with van der Waals surface area (Å²) >= 11 is 11.7. The Labute approximate surface area is 99.6 Å². The molecule has 0 aliphatic carbocycles. The molecule has 0 heterocycles.